The van der Waals surface area contributed by atoms with Crippen LogP contribution in [0.3, 0.4) is 0 Å². The van der Waals surface area contributed by atoms with Crippen molar-refractivity contribution >= 4 is 28.1 Å². The molecule has 1 aliphatic heterocycles. The van der Waals surface area contributed by atoms with E-state index in [1.54, 1.807) is 11.3 Å². The normalized spacial score (nSPS) is 14.1. The van der Waals surface area contributed by atoms with Crippen molar-refractivity contribution in [2.45, 2.75) is 13.8 Å². The molecule has 1 aliphatic rings. The molecule has 144 valence electrons. The van der Waals surface area contributed by atoms with E-state index < -0.39 is 0 Å². The number of nitrogens with one attached hydrogen (secondary N) is 1. The molecular weight excluding hydrogens is 370 g/mol. The molecule has 3 aromatic rings. The maximum Gasteiger partial charge on any atom is 0.255 e. The van der Waals surface area contributed by atoms with E-state index in [1.807, 2.05) is 56.3 Å². The Morgan fingerprint density at radius 3 is 2.61 bits per heavy atom. The smallest absolute Gasteiger partial charge is 0.255 e. The number of hydrogen-bond acceptors (Lipinski definition) is 5. The summed E-state index contributed by atoms with van der Waals surface area (Å²) in [6, 6.07) is 13.6. The highest BCUT2D eigenvalue weighted by Crippen LogP contribution is 2.28. The van der Waals surface area contributed by atoms with Crippen LogP contribution in [0.15, 0.2) is 47.8 Å². The van der Waals surface area contributed by atoms with Crippen molar-refractivity contribution in [3.05, 3.63) is 64.5 Å². The Bertz CT molecular complexity index is 976. The number of nitrogens with zero attached hydrogens (tertiary/aromatic N) is 2. The number of aromatic nitrogens is 1. The third-order valence-electron chi connectivity index (χ3n) is 5.06. The number of morpholine rings is 1. The summed E-state index contributed by atoms with van der Waals surface area (Å²) in [5.74, 6) is -0.0859. The van der Waals surface area contributed by atoms with Gasteiger partial charge in [0.2, 0.25) is 0 Å². The average Bonchev–Trinajstić information content (AvgIpc) is 3.21. The molecule has 6 heteroatoms. The molecule has 28 heavy (non-hydrogen) atoms. The summed E-state index contributed by atoms with van der Waals surface area (Å²) in [7, 11) is 0. The summed E-state index contributed by atoms with van der Waals surface area (Å²) in [6.45, 7) is 7.27. The van der Waals surface area contributed by atoms with Gasteiger partial charge in [-0.3, -0.25) is 4.79 Å². The second-order valence-corrected chi connectivity index (χ2v) is 7.73. The van der Waals surface area contributed by atoms with Crippen molar-refractivity contribution in [3.63, 3.8) is 0 Å². The van der Waals surface area contributed by atoms with Crippen molar-refractivity contribution in [3.8, 4) is 11.3 Å². The number of aryl methyl sites for hydroxylation is 1. The lowest BCUT2D eigenvalue weighted by atomic mass is 10.0. The van der Waals surface area contributed by atoms with Crippen LogP contribution in [0.2, 0.25) is 0 Å². The van der Waals surface area contributed by atoms with Gasteiger partial charge in [0, 0.05) is 35.3 Å². The second-order valence-electron chi connectivity index (χ2n) is 6.89. The Kier molecular flexibility index (Phi) is 5.41. The second kappa shape index (κ2) is 8.12. The molecule has 1 N–H and O–H groups in total. The number of carbonyl (C=O) groups is 1. The van der Waals surface area contributed by atoms with Gasteiger partial charge < -0.3 is 15.0 Å². The Labute approximate surface area is 169 Å². The van der Waals surface area contributed by atoms with Gasteiger partial charge in [0.25, 0.3) is 5.91 Å². The number of ether oxygens (including phenoxy) is 1. The molecule has 5 nitrogen and oxygen atoms in total. The Morgan fingerprint density at radius 1 is 1.11 bits per heavy atom. The highest BCUT2D eigenvalue weighted by atomic mass is 32.1. The Hall–Kier alpha value is -2.70. The molecule has 1 saturated heterocycles. The highest BCUT2D eigenvalue weighted by molar-refractivity contribution is 7.14. The lowest BCUT2D eigenvalue weighted by Crippen LogP contribution is -2.36. The van der Waals surface area contributed by atoms with E-state index >= 15 is 0 Å². The molecule has 0 saturated carbocycles. The molecule has 4 rings (SSSR count). The standard InChI is InChI=1S/C22H23N3O2S/c1-15-4-3-5-19(16(15)2)21(26)23-18-8-6-17(7-9-18)20-14-28-22(24-20)25-10-12-27-13-11-25/h3-9,14H,10-13H2,1-2H3,(H,23,26). The van der Waals surface area contributed by atoms with Crippen molar-refractivity contribution in [1.82, 2.24) is 4.98 Å². The summed E-state index contributed by atoms with van der Waals surface area (Å²) >= 11 is 1.66. The first-order valence-corrected chi connectivity index (χ1v) is 10.3. The van der Waals surface area contributed by atoms with Crippen LogP contribution in [0.5, 0.6) is 0 Å². The first kappa shape index (κ1) is 18.7. The highest BCUT2D eigenvalue weighted by Gasteiger charge is 2.15. The molecule has 0 radical (unpaired) electrons. The predicted molar refractivity (Wildman–Crippen MR) is 114 cm³/mol. The number of thiazole rings is 1. The molecule has 1 amide bonds. The SMILES string of the molecule is Cc1cccc(C(=O)Nc2ccc(-c3csc(N4CCOCC4)n3)cc2)c1C. The number of rotatable bonds is 4. The van der Waals surface area contributed by atoms with Crippen molar-refractivity contribution in [2.75, 3.05) is 36.5 Å². The molecule has 0 atom stereocenters. The molecule has 2 heterocycles. The predicted octanol–water partition coefficient (Wildman–Crippen LogP) is 4.52. The lowest BCUT2D eigenvalue weighted by molar-refractivity contribution is 0.102. The molecule has 0 unspecified atom stereocenters. The number of carbonyl (C=O) groups excluding carboxylic acids is 1. The van der Waals surface area contributed by atoms with E-state index in [4.69, 9.17) is 9.72 Å². The van der Waals surface area contributed by atoms with Gasteiger partial charge in [-0.25, -0.2) is 4.98 Å². The summed E-state index contributed by atoms with van der Waals surface area (Å²) in [6.07, 6.45) is 0. The first-order valence-electron chi connectivity index (χ1n) is 9.38. The molecule has 2 aromatic carbocycles. The zero-order valence-electron chi connectivity index (χ0n) is 16.1. The number of benzene rings is 2. The van der Waals surface area contributed by atoms with Crippen LogP contribution >= 0.6 is 11.3 Å². The average molecular weight is 394 g/mol. The van der Waals surface area contributed by atoms with Crippen molar-refractivity contribution < 1.29 is 9.53 Å². The fourth-order valence-electron chi connectivity index (χ4n) is 3.22. The Balaban J connectivity index is 1.46. The Morgan fingerprint density at radius 2 is 1.86 bits per heavy atom. The van der Waals surface area contributed by atoms with E-state index in [0.717, 1.165) is 59.5 Å². The van der Waals surface area contributed by atoms with Crippen molar-refractivity contribution in [1.29, 1.82) is 0 Å². The zero-order chi connectivity index (χ0) is 19.5. The van der Waals surface area contributed by atoms with Crippen LogP contribution in [0, 0.1) is 13.8 Å². The summed E-state index contributed by atoms with van der Waals surface area (Å²) in [5, 5.41) is 6.09. The molecular formula is C22H23N3O2S. The zero-order valence-corrected chi connectivity index (χ0v) is 16.9. The summed E-state index contributed by atoms with van der Waals surface area (Å²) in [5.41, 5.74) is 5.61. The third kappa shape index (κ3) is 3.93. The van der Waals surface area contributed by atoms with Gasteiger partial charge in [-0.2, -0.15) is 0 Å². The van der Waals surface area contributed by atoms with Gasteiger partial charge in [0.15, 0.2) is 5.13 Å². The van der Waals surface area contributed by atoms with Crippen LogP contribution in [0.25, 0.3) is 11.3 Å². The molecule has 0 bridgehead atoms. The quantitative estimate of drug-likeness (QED) is 0.708. The van der Waals surface area contributed by atoms with Crippen LogP contribution in [-0.4, -0.2) is 37.2 Å². The van der Waals surface area contributed by atoms with Crippen molar-refractivity contribution in [2.24, 2.45) is 0 Å². The van der Waals surface area contributed by atoms with Crippen LogP contribution in [0.1, 0.15) is 21.5 Å². The maximum absolute atomic E-state index is 12.6. The van der Waals surface area contributed by atoms with E-state index in [9.17, 15) is 4.79 Å². The fraction of sp³-hybridized carbons (Fsp3) is 0.273. The van der Waals surface area contributed by atoms with Gasteiger partial charge in [0.1, 0.15) is 0 Å². The molecule has 0 spiro atoms. The van der Waals surface area contributed by atoms with Gasteiger partial charge >= 0.3 is 0 Å². The van der Waals surface area contributed by atoms with E-state index in [0.29, 0.717) is 5.56 Å². The van der Waals surface area contributed by atoms with Gasteiger partial charge in [-0.05, 0) is 43.2 Å². The number of amides is 1. The van der Waals surface area contributed by atoms with Crippen LogP contribution in [-0.2, 0) is 4.74 Å². The van der Waals surface area contributed by atoms with Crippen LogP contribution < -0.4 is 10.2 Å². The lowest BCUT2D eigenvalue weighted by Gasteiger charge is -2.26. The molecule has 0 aliphatic carbocycles. The summed E-state index contributed by atoms with van der Waals surface area (Å²) in [4.78, 5) is 19.6. The minimum atomic E-state index is -0.0859. The number of anilines is 2. The van der Waals surface area contributed by atoms with Crippen LogP contribution in [0.4, 0.5) is 10.8 Å². The van der Waals surface area contributed by atoms with Gasteiger partial charge in [-0.1, -0.05) is 24.3 Å². The van der Waals surface area contributed by atoms with E-state index in [-0.39, 0.29) is 5.91 Å². The van der Waals surface area contributed by atoms with E-state index in [2.05, 4.69) is 15.6 Å². The molecule has 1 fully saturated rings. The maximum atomic E-state index is 12.6. The fourth-order valence-corrected chi connectivity index (χ4v) is 4.11. The van der Waals surface area contributed by atoms with Gasteiger partial charge in [0.05, 0.1) is 18.9 Å². The number of hydrogen-bond donors (Lipinski definition) is 1. The first-order chi connectivity index (χ1) is 13.6. The van der Waals surface area contributed by atoms with E-state index in [1.165, 1.54) is 0 Å². The topological polar surface area (TPSA) is 54.5 Å². The van der Waals surface area contributed by atoms with Gasteiger partial charge in [-0.15, -0.1) is 11.3 Å². The minimum absolute atomic E-state index is 0.0859. The largest absolute Gasteiger partial charge is 0.378 e. The molecule has 1 aromatic heterocycles. The minimum Gasteiger partial charge on any atom is -0.378 e. The monoisotopic (exact) mass is 393 g/mol. The summed E-state index contributed by atoms with van der Waals surface area (Å²) < 4.78 is 5.40. The third-order valence-corrected chi connectivity index (χ3v) is 5.96.